The quantitative estimate of drug-likeness (QED) is 0.391. The third-order valence-electron chi connectivity index (χ3n) is 6.51. The van der Waals surface area contributed by atoms with Crippen molar-refractivity contribution in [2.45, 2.75) is 44.7 Å². The molecule has 174 valence electrons. The monoisotopic (exact) mass is 474 g/mol. The van der Waals surface area contributed by atoms with Crippen LogP contribution in [0.5, 0.6) is 5.75 Å². The van der Waals surface area contributed by atoms with E-state index in [4.69, 9.17) is 4.74 Å². The molecule has 4 aromatic rings. The number of carbonyl (C=O) groups is 2. The normalized spacial score (nSPS) is 14.4. The lowest BCUT2D eigenvalue weighted by atomic mass is 9.95. The molecular weight excluding hydrogens is 448 g/mol. The number of Topliss-reactive ketones (excluding diaryl/α,β-unsaturated/α-hetero) is 1. The van der Waals surface area contributed by atoms with Gasteiger partial charge in [0.15, 0.2) is 11.5 Å². The maximum atomic E-state index is 13.7. The van der Waals surface area contributed by atoms with Crippen molar-refractivity contribution in [1.82, 2.24) is 9.88 Å². The number of pyridine rings is 1. The van der Waals surface area contributed by atoms with Crippen molar-refractivity contribution in [2.24, 2.45) is 0 Å². The van der Waals surface area contributed by atoms with Gasteiger partial charge in [0.1, 0.15) is 10.3 Å². The molecule has 5 rings (SSSR count). The molecule has 1 aliphatic rings. The van der Waals surface area contributed by atoms with Crippen molar-refractivity contribution >= 4 is 44.0 Å². The first-order valence-electron chi connectivity index (χ1n) is 11.6. The van der Waals surface area contributed by atoms with Crippen molar-refractivity contribution in [3.05, 3.63) is 75.4 Å². The van der Waals surface area contributed by atoms with Gasteiger partial charge < -0.3 is 10.1 Å². The highest BCUT2D eigenvalue weighted by Gasteiger charge is 2.27. The van der Waals surface area contributed by atoms with E-state index in [1.165, 1.54) is 29.4 Å². The number of amides is 1. The number of aromatic nitrogens is 1. The molecule has 34 heavy (non-hydrogen) atoms. The highest BCUT2D eigenvalue weighted by molar-refractivity contribution is 7.22. The summed E-state index contributed by atoms with van der Waals surface area (Å²) < 4.78 is 7.83. The molecule has 7 heteroatoms. The SMILES string of the molecule is COc1c(C(=O)NC2CCCCC2)sc2c1c(=O)n(CC(=O)c1ccccc1)c1ccccc21. The smallest absolute Gasteiger partial charge is 0.265 e. The fourth-order valence-corrected chi connectivity index (χ4v) is 6.00. The summed E-state index contributed by atoms with van der Waals surface area (Å²) in [4.78, 5) is 40.3. The minimum Gasteiger partial charge on any atom is -0.494 e. The molecule has 0 spiro atoms. The summed E-state index contributed by atoms with van der Waals surface area (Å²) >= 11 is 1.28. The van der Waals surface area contributed by atoms with Crippen molar-refractivity contribution in [1.29, 1.82) is 0 Å². The van der Waals surface area contributed by atoms with Crippen LogP contribution in [0.25, 0.3) is 21.0 Å². The topological polar surface area (TPSA) is 77.4 Å². The van der Waals surface area contributed by atoms with Crippen molar-refractivity contribution in [3.8, 4) is 5.75 Å². The molecule has 2 aromatic carbocycles. The number of hydrogen-bond acceptors (Lipinski definition) is 5. The number of hydrogen-bond donors (Lipinski definition) is 1. The number of thiophene rings is 1. The van der Waals surface area contributed by atoms with E-state index >= 15 is 0 Å². The van der Waals surface area contributed by atoms with Crippen molar-refractivity contribution in [2.75, 3.05) is 7.11 Å². The van der Waals surface area contributed by atoms with Crippen LogP contribution in [0.3, 0.4) is 0 Å². The summed E-state index contributed by atoms with van der Waals surface area (Å²) in [6.07, 6.45) is 5.36. The average Bonchev–Trinajstić information content (AvgIpc) is 3.28. The molecule has 0 bridgehead atoms. The second-order valence-electron chi connectivity index (χ2n) is 8.67. The highest BCUT2D eigenvalue weighted by atomic mass is 32.1. The maximum Gasteiger partial charge on any atom is 0.265 e. The Balaban J connectivity index is 1.64. The Morgan fingerprint density at radius 2 is 1.74 bits per heavy atom. The Morgan fingerprint density at radius 1 is 1.03 bits per heavy atom. The van der Waals surface area contributed by atoms with E-state index in [0.717, 1.165) is 31.1 Å². The predicted octanol–water partition coefficient (Wildman–Crippen LogP) is 5.17. The zero-order chi connectivity index (χ0) is 23.7. The third kappa shape index (κ3) is 4.01. The second-order valence-corrected chi connectivity index (χ2v) is 9.70. The van der Waals surface area contributed by atoms with Crippen LogP contribution in [0.4, 0.5) is 0 Å². The Bertz CT molecular complexity index is 1430. The number of nitrogens with zero attached hydrogens (tertiary/aromatic N) is 1. The fraction of sp³-hybridized carbons (Fsp3) is 0.296. The second kappa shape index (κ2) is 9.43. The molecule has 6 nitrogen and oxygen atoms in total. The first-order chi connectivity index (χ1) is 16.6. The van der Waals surface area contributed by atoms with Crippen molar-refractivity contribution in [3.63, 3.8) is 0 Å². The summed E-state index contributed by atoms with van der Waals surface area (Å²) in [6, 6.07) is 16.6. The summed E-state index contributed by atoms with van der Waals surface area (Å²) in [5.41, 5.74) is 0.874. The highest BCUT2D eigenvalue weighted by Crippen LogP contribution is 2.39. The van der Waals surface area contributed by atoms with Crippen LogP contribution in [-0.2, 0) is 6.54 Å². The lowest BCUT2D eigenvalue weighted by molar-refractivity contribution is 0.0927. The van der Waals surface area contributed by atoms with Gasteiger partial charge in [-0.1, -0.05) is 67.8 Å². The van der Waals surface area contributed by atoms with Crippen LogP contribution in [0.1, 0.15) is 52.1 Å². The van der Waals surface area contributed by atoms with E-state index in [9.17, 15) is 14.4 Å². The number of methoxy groups -OCH3 is 1. The van der Waals surface area contributed by atoms with Crippen LogP contribution in [0.2, 0.25) is 0 Å². The molecule has 2 heterocycles. The predicted molar refractivity (Wildman–Crippen MR) is 135 cm³/mol. The number of rotatable bonds is 6. The van der Waals surface area contributed by atoms with Gasteiger partial charge in [-0.15, -0.1) is 11.3 Å². The lowest BCUT2D eigenvalue weighted by Crippen LogP contribution is -2.35. The van der Waals surface area contributed by atoms with Gasteiger partial charge in [0, 0.05) is 17.0 Å². The summed E-state index contributed by atoms with van der Waals surface area (Å²) in [5, 5.41) is 4.30. The van der Waals surface area contributed by atoms with E-state index in [1.54, 1.807) is 24.3 Å². The molecule has 1 N–H and O–H groups in total. The number of ether oxygens (including phenoxy) is 1. The number of nitrogens with one attached hydrogen (secondary N) is 1. The van der Waals surface area contributed by atoms with Crippen LogP contribution in [0, 0.1) is 0 Å². The number of para-hydroxylation sites is 1. The average molecular weight is 475 g/mol. The zero-order valence-corrected chi connectivity index (χ0v) is 19.8. The van der Waals surface area contributed by atoms with Gasteiger partial charge in [0.05, 0.1) is 23.9 Å². The number of carbonyl (C=O) groups excluding carboxylic acids is 2. The van der Waals surface area contributed by atoms with Gasteiger partial charge in [-0.3, -0.25) is 19.0 Å². The molecule has 0 radical (unpaired) electrons. The molecule has 1 amide bonds. The molecule has 0 unspecified atom stereocenters. The minimum atomic E-state index is -0.331. The summed E-state index contributed by atoms with van der Waals surface area (Å²) in [6.45, 7) is -0.0953. The van der Waals surface area contributed by atoms with Crippen LogP contribution in [-0.4, -0.2) is 29.4 Å². The van der Waals surface area contributed by atoms with E-state index < -0.39 is 0 Å². The van der Waals surface area contributed by atoms with Gasteiger partial charge in [0.2, 0.25) is 0 Å². The lowest BCUT2D eigenvalue weighted by Gasteiger charge is -2.22. The standard InChI is InChI=1S/C27H26N2O4S/c1-33-23-22-24(34-25(23)26(31)28-18-12-6-3-7-13-18)19-14-8-9-15-20(19)29(27(22)32)16-21(30)17-10-4-2-5-11-17/h2,4-5,8-11,14-15,18H,3,6-7,12-13,16H2,1H3,(H,28,31). The molecule has 0 aliphatic heterocycles. The van der Waals surface area contributed by atoms with Gasteiger partial charge in [0.25, 0.3) is 11.5 Å². The van der Waals surface area contributed by atoms with Gasteiger partial charge in [-0.2, -0.15) is 0 Å². The molecule has 1 fully saturated rings. The van der Waals surface area contributed by atoms with E-state index in [2.05, 4.69) is 5.32 Å². The van der Waals surface area contributed by atoms with Crippen LogP contribution >= 0.6 is 11.3 Å². The minimum absolute atomic E-state index is 0.0953. The zero-order valence-electron chi connectivity index (χ0n) is 19.0. The number of ketones is 1. The number of benzene rings is 2. The maximum absolute atomic E-state index is 13.7. The summed E-state index contributed by atoms with van der Waals surface area (Å²) in [5.74, 6) is -0.0815. The van der Waals surface area contributed by atoms with Gasteiger partial charge in [-0.05, 0) is 18.9 Å². The summed E-state index contributed by atoms with van der Waals surface area (Å²) in [7, 11) is 1.48. The Morgan fingerprint density at radius 3 is 2.47 bits per heavy atom. The third-order valence-corrected chi connectivity index (χ3v) is 7.71. The van der Waals surface area contributed by atoms with Gasteiger partial charge in [-0.25, -0.2) is 0 Å². The number of fused-ring (bicyclic) bond motifs is 3. The Kier molecular flexibility index (Phi) is 6.20. The molecule has 0 atom stereocenters. The Hall–Kier alpha value is -3.45. The van der Waals surface area contributed by atoms with Crippen molar-refractivity contribution < 1.29 is 14.3 Å². The Labute approximate surface area is 201 Å². The fourth-order valence-electron chi connectivity index (χ4n) is 4.80. The molecule has 1 aliphatic carbocycles. The van der Waals surface area contributed by atoms with Gasteiger partial charge >= 0.3 is 0 Å². The van der Waals surface area contributed by atoms with Crippen LogP contribution < -0.4 is 15.6 Å². The molecular formula is C27H26N2O4S. The van der Waals surface area contributed by atoms with E-state index in [1.807, 2.05) is 30.3 Å². The largest absolute Gasteiger partial charge is 0.494 e. The first kappa shape index (κ1) is 22.3. The first-order valence-corrected chi connectivity index (χ1v) is 12.4. The molecule has 0 saturated heterocycles. The van der Waals surface area contributed by atoms with E-state index in [0.29, 0.717) is 26.0 Å². The van der Waals surface area contributed by atoms with Crippen LogP contribution in [0.15, 0.2) is 59.4 Å². The van der Waals surface area contributed by atoms with E-state index in [-0.39, 0.29) is 35.6 Å². The molecule has 2 aromatic heterocycles. The molecule has 1 saturated carbocycles.